The molecule has 1 atom stereocenters. The van der Waals surface area contributed by atoms with Crippen LogP contribution in [0.1, 0.15) is 42.6 Å². The molecule has 0 aliphatic heterocycles. The summed E-state index contributed by atoms with van der Waals surface area (Å²) in [7, 11) is 0. The number of hydrogen-bond donors (Lipinski definition) is 1. The van der Waals surface area contributed by atoms with Gasteiger partial charge in [-0.15, -0.1) is 0 Å². The third-order valence-corrected chi connectivity index (χ3v) is 3.00. The Morgan fingerprint density at radius 3 is 2.71 bits per heavy atom. The van der Waals surface area contributed by atoms with Gasteiger partial charge in [-0.25, -0.2) is 0 Å². The number of aromatic carboxylic acids is 1. The van der Waals surface area contributed by atoms with Crippen LogP contribution in [0.4, 0.5) is 0 Å². The molecule has 0 heterocycles. The zero-order valence-corrected chi connectivity index (χ0v) is 10.7. The first-order valence-corrected chi connectivity index (χ1v) is 6.31. The summed E-state index contributed by atoms with van der Waals surface area (Å²) in [5, 5.41) is 10.8. The predicted octanol–water partition coefficient (Wildman–Crippen LogP) is 0.255. The summed E-state index contributed by atoms with van der Waals surface area (Å²) < 4.78 is 0. The molecule has 1 rings (SSSR count). The van der Waals surface area contributed by atoms with Crippen molar-refractivity contribution in [1.82, 2.24) is 0 Å². The van der Waals surface area contributed by atoms with E-state index in [0.29, 0.717) is 0 Å². The Morgan fingerprint density at radius 2 is 2.12 bits per heavy atom. The van der Waals surface area contributed by atoms with Crippen LogP contribution in [0.5, 0.6) is 0 Å². The Labute approximate surface area is 103 Å². The molecular weight excluding hydrogens is 214 g/mol. The van der Waals surface area contributed by atoms with Crippen molar-refractivity contribution in [2.45, 2.75) is 33.2 Å². The zero-order chi connectivity index (χ0) is 12.7. The molecule has 0 fully saturated rings. The van der Waals surface area contributed by atoms with E-state index in [1.54, 1.807) is 18.2 Å². The largest absolute Gasteiger partial charge is 0.545 e. The van der Waals surface area contributed by atoms with Crippen LogP contribution in [0.25, 0.3) is 0 Å². The Bertz CT molecular complexity index is 363. The average Bonchev–Trinajstić information content (AvgIpc) is 2.34. The molecule has 94 valence electrons. The Morgan fingerprint density at radius 1 is 1.35 bits per heavy atom. The Hall–Kier alpha value is -1.35. The number of carbonyl (C=O) groups is 1. The number of hydrogen-bond acceptors (Lipinski definition) is 2. The number of carboxylic acid groups (broad SMARTS) is 1. The zero-order valence-electron chi connectivity index (χ0n) is 10.7. The lowest BCUT2D eigenvalue weighted by Gasteiger charge is -2.17. The summed E-state index contributed by atoms with van der Waals surface area (Å²) in [6.07, 6.45) is 2.41. The lowest BCUT2D eigenvalue weighted by atomic mass is 10.1. The average molecular weight is 235 g/mol. The van der Waals surface area contributed by atoms with Crippen LogP contribution in [-0.2, 0) is 6.54 Å². The molecule has 0 saturated heterocycles. The van der Waals surface area contributed by atoms with Gasteiger partial charge in [-0.05, 0) is 25.0 Å². The van der Waals surface area contributed by atoms with E-state index < -0.39 is 5.97 Å². The highest BCUT2D eigenvalue weighted by Crippen LogP contribution is 2.03. The minimum absolute atomic E-state index is 0.272. The van der Waals surface area contributed by atoms with Gasteiger partial charge in [0.05, 0.1) is 19.1 Å². The second-order valence-electron chi connectivity index (χ2n) is 4.37. The van der Waals surface area contributed by atoms with Crippen LogP contribution in [0.15, 0.2) is 24.3 Å². The van der Waals surface area contributed by atoms with E-state index in [1.807, 2.05) is 6.07 Å². The normalized spacial score (nSPS) is 12.4. The maximum absolute atomic E-state index is 10.8. The predicted molar refractivity (Wildman–Crippen MR) is 65.8 cm³/mol. The van der Waals surface area contributed by atoms with E-state index >= 15 is 0 Å². The van der Waals surface area contributed by atoms with Gasteiger partial charge in [-0.3, -0.25) is 0 Å². The number of nitrogens with one attached hydrogen (secondary N) is 1. The van der Waals surface area contributed by atoms with E-state index in [-0.39, 0.29) is 5.56 Å². The van der Waals surface area contributed by atoms with Crippen molar-refractivity contribution in [1.29, 1.82) is 0 Å². The van der Waals surface area contributed by atoms with Gasteiger partial charge in [-0.2, -0.15) is 0 Å². The van der Waals surface area contributed by atoms with Gasteiger partial charge < -0.3 is 14.8 Å². The molecule has 0 aliphatic rings. The maximum Gasteiger partial charge on any atom is 0.103 e. The van der Waals surface area contributed by atoms with Crippen molar-refractivity contribution in [2.24, 2.45) is 0 Å². The van der Waals surface area contributed by atoms with E-state index in [2.05, 4.69) is 13.8 Å². The SMILES string of the molecule is CCCC[NH+](CC)Cc1cccc(C(=O)[O-])c1. The Kier molecular flexibility index (Phi) is 5.70. The molecule has 1 unspecified atom stereocenters. The number of unbranched alkanes of at least 4 members (excludes halogenated alkanes) is 1. The lowest BCUT2D eigenvalue weighted by Crippen LogP contribution is -3.10. The van der Waals surface area contributed by atoms with Crippen molar-refractivity contribution in [3.05, 3.63) is 35.4 Å². The van der Waals surface area contributed by atoms with E-state index in [1.165, 1.54) is 17.7 Å². The molecule has 0 saturated carbocycles. The van der Waals surface area contributed by atoms with Gasteiger partial charge in [0.2, 0.25) is 0 Å². The molecule has 0 amide bonds. The molecule has 0 bridgehead atoms. The van der Waals surface area contributed by atoms with Crippen LogP contribution >= 0.6 is 0 Å². The highest BCUT2D eigenvalue weighted by molar-refractivity contribution is 5.85. The third kappa shape index (κ3) is 4.57. The fourth-order valence-corrected chi connectivity index (χ4v) is 1.91. The highest BCUT2D eigenvalue weighted by atomic mass is 16.4. The summed E-state index contributed by atoms with van der Waals surface area (Å²) in [6, 6.07) is 7.06. The molecule has 1 aromatic carbocycles. The van der Waals surface area contributed by atoms with E-state index in [9.17, 15) is 9.90 Å². The standard InChI is InChI=1S/C14H21NO2/c1-3-5-9-15(4-2)11-12-7-6-8-13(10-12)14(16)17/h6-8,10H,3-5,9,11H2,1-2H3,(H,16,17). The summed E-state index contributed by atoms with van der Waals surface area (Å²) in [6.45, 7) is 7.44. The van der Waals surface area contributed by atoms with Gasteiger partial charge in [-0.1, -0.05) is 31.5 Å². The van der Waals surface area contributed by atoms with Crippen molar-refractivity contribution in [3.8, 4) is 0 Å². The second kappa shape index (κ2) is 7.07. The third-order valence-electron chi connectivity index (χ3n) is 3.00. The van der Waals surface area contributed by atoms with Crippen molar-refractivity contribution >= 4 is 5.97 Å². The number of quaternary nitrogens is 1. The van der Waals surface area contributed by atoms with Gasteiger partial charge >= 0.3 is 0 Å². The highest BCUT2D eigenvalue weighted by Gasteiger charge is 2.07. The van der Waals surface area contributed by atoms with Crippen molar-refractivity contribution in [2.75, 3.05) is 13.1 Å². The minimum atomic E-state index is -1.10. The van der Waals surface area contributed by atoms with Crippen molar-refractivity contribution in [3.63, 3.8) is 0 Å². The molecule has 1 aromatic rings. The molecule has 17 heavy (non-hydrogen) atoms. The molecular formula is C14H21NO2. The fraction of sp³-hybridized carbons (Fsp3) is 0.500. The second-order valence-corrected chi connectivity index (χ2v) is 4.37. The molecule has 0 spiro atoms. The summed E-state index contributed by atoms with van der Waals surface area (Å²) in [5.74, 6) is -1.10. The first-order valence-electron chi connectivity index (χ1n) is 6.31. The van der Waals surface area contributed by atoms with E-state index in [4.69, 9.17) is 0 Å². The monoisotopic (exact) mass is 235 g/mol. The van der Waals surface area contributed by atoms with Gasteiger partial charge in [0.15, 0.2) is 0 Å². The van der Waals surface area contributed by atoms with E-state index in [0.717, 1.165) is 25.2 Å². The summed E-state index contributed by atoms with van der Waals surface area (Å²) >= 11 is 0. The van der Waals surface area contributed by atoms with Crippen LogP contribution in [0.2, 0.25) is 0 Å². The van der Waals surface area contributed by atoms with Gasteiger partial charge in [0.1, 0.15) is 6.54 Å². The topological polar surface area (TPSA) is 44.6 Å². The smallest absolute Gasteiger partial charge is 0.103 e. The molecule has 1 N–H and O–H groups in total. The first-order chi connectivity index (χ1) is 8.17. The number of benzene rings is 1. The number of rotatable bonds is 7. The molecule has 3 nitrogen and oxygen atoms in total. The Balaban J connectivity index is 2.65. The van der Waals surface area contributed by atoms with Crippen LogP contribution in [-0.4, -0.2) is 19.1 Å². The van der Waals surface area contributed by atoms with Crippen molar-refractivity contribution < 1.29 is 14.8 Å². The molecule has 0 aromatic heterocycles. The summed E-state index contributed by atoms with van der Waals surface area (Å²) in [4.78, 5) is 12.3. The number of carboxylic acids is 1. The molecule has 3 heteroatoms. The molecule has 0 radical (unpaired) electrons. The minimum Gasteiger partial charge on any atom is -0.545 e. The van der Waals surface area contributed by atoms with Crippen LogP contribution in [0.3, 0.4) is 0 Å². The van der Waals surface area contributed by atoms with Gasteiger partial charge in [0, 0.05) is 5.56 Å². The van der Waals surface area contributed by atoms with Crippen LogP contribution in [0, 0.1) is 0 Å². The summed E-state index contributed by atoms with van der Waals surface area (Å²) in [5.41, 5.74) is 1.34. The van der Waals surface area contributed by atoms with Crippen LogP contribution < -0.4 is 10.0 Å². The fourth-order valence-electron chi connectivity index (χ4n) is 1.91. The lowest BCUT2D eigenvalue weighted by molar-refractivity contribution is -0.912. The molecule has 0 aliphatic carbocycles. The number of carbonyl (C=O) groups excluding carboxylic acids is 1. The first kappa shape index (κ1) is 13.7. The maximum atomic E-state index is 10.8. The van der Waals surface area contributed by atoms with Gasteiger partial charge in [0.25, 0.3) is 0 Å². The quantitative estimate of drug-likeness (QED) is 0.736.